The molecule has 24 heavy (non-hydrogen) atoms. The summed E-state index contributed by atoms with van der Waals surface area (Å²) in [7, 11) is 0. The molecule has 0 radical (unpaired) electrons. The average molecular weight is 369 g/mol. The third kappa shape index (κ3) is 5.68. The fourth-order valence-electron chi connectivity index (χ4n) is 3.40. The molecule has 2 aliphatic rings. The molecule has 0 bridgehead atoms. The summed E-state index contributed by atoms with van der Waals surface area (Å²) in [5.74, 6) is 1.43. The van der Waals surface area contributed by atoms with Crippen molar-refractivity contribution in [2.45, 2.75) is 48.7 Å². The van der Waals surface area contributed by atoms with Gasteiger partial charge in [-0.3, -0.25) is 4.79 Å². The molecule has 1 aliphatic heterocycles. The summed E-state index contributed by atoms with van der Waals surface area (Å²) in [5.41, 5.74) is 0. The zero-order valence-corrected chi connectivity index (χ0v) is 16.1. The molecule has 1 aromatic rings. The van der Waals surface area contributed by atoms with E-state index in [4.69, 9.17) is 0 Å². The van der Waals surface area contributed by atoms with Crippen molar-refractivity contribution in [2.24, 2.45) is 11.8 Å². The number of nitrogens with one attached hydrogen (secondary N) is 2. The highest BCUT2D eigenvalue weighted by Crippen LogP contribution is 2.51. The lowest BCUT2D eigenvalue weighted by Gasteiger charge is -2.28. The van der Waals surface area contributed by atoms with Crippen LogP contribution >= 0.6 is 24.2 Å². The topological polar surface area (TPSA) is 41.1 Å². The molecule has 5 heteroatoms. The van der Waals surface area contributed by atoms with Crippen LogP contribution in [0.5, 0.6) is 0 Å². The van der Waals surface area contributed by atoms with E-state index in [1.807, 2.05) is 17.8 Å². The molecule has 1 saturated carbocycles. The molecule has 1 amide bonds. The Morgan fingerprint density at radius 1 is 1.29 bits per heavy atom. The highest BCUT2D eigenvalue weighted by molar-refractivity contribution is 8.01. The summed E-state index contributed by atoms with van der Waals surface area (Å²) in [6.45, 7) is 5.26. The molecule has 0 spiro atoms. The maximum Gasteiger partial charge on any atom is 0.220 e. The summed E-state index contributed by atoms with van der Waals surface area (Å²) in [6.07, 6.45) is 5.51. The van der Waals surface area contributed by atoms with Crippen molar-refractivity contribution in [3.05, 3.63) is 30.3 Å². The van der Waals surface area contributed by atoms with Gasteiger partial charge in [-0.05, 0) is 62.7 Å². The molecular weight excluding hydrogens is 340 g/mol. The first-order chi connectivity index (χ1) is 11.2. The van der Waals surface area contributed by atoms with Gasteiger partial charge in [0.15, 0.2) is 0 Å². The number of hydrogen-bond donors (Lipinski definition) is 2. The number of rotatable bonds is 7. The zero-order valence-electron chi connectivity index (χ0n) is 14.4. The second-order valence-electron chi connectivity index (χ2n) is 7.14. The number of carbonyl (C=O) groups excluding carboxylic acids is 1. The van der Waals surface area contributed by atoms with Gasteiger partial charge >= 0.3 is 0 Å². The van der Waals surface area contributed by atoms with E-state index in [9.17, 15) is 4.79 Å². The number of hydrogen-bond acceptors (Lipinski definition) is 3. The molecule has 1 atom stereocenters. The summed E-state index contributed by atoms with van der Waals surface area (Å²) < 4.78 is 0.245. The molecule has 2 fully saturated rings. The maximum absolute atomic E-state index is 12.3. The lowest BCUT2D eigenvalue weighted by molar-refractivity contribution is -0.122. The van der Waals surface area contributed by atoms with Crippen LogP contribution in [0.15, 0.2) is 35.2 Å². The Bertz CT molecular complexity index is 515. The van der Waals surface area contributed by atoms with Gasteiger partial charge in [0.05, 0.1) is 0 Å². The van der Waals surface area contributed by atoms with Gasteiger partial charge in [0.1, 0.15) is 0 Å². The third-order valence-electron chi connectivity index (χ3n) is 5.19. The first-order valence-electron chi connectivity index (χ1n) is 8.88. The predicted molar refractivity (Wildman–Crippen MR) is 104 cm³/mol. The van der Waals surface area contributed by atoms with Gasteiger partial charge in [-0.15, -0.1) is 24.2 Å². The van der Waals surface area contributed by atoms with Crippen LogP contribution in [0.2, 0.25) is 0 Å². The van der Waals surface area contributed by atoms with Crippen molar-refractivity contribution in [1.82, 2.24) is 10.6 Å². The monoisotopic (exact) mass is 368 g/mol. The predicted octanol–water partition coefficient (Wildman–Crippen LogP) is 3.88. The molecular formula is C19H29ClN2OS. The molecule has 1 aliphatic carbocycles. The van der Waals surface area contributed by atoms with E-state index in [1.54, 1.807) is 0 Å². The van der Waals surface area contributed by atoms with E-state index in [2.05, 4.69) is 41.8 Å². The van der Waals surface area contributed by atoms with Crippen molar-refractivity contribution in [3.63, 3.8) is 0 Å². The lowest BCUT2D eigenvalue weighted by Crippen LogP contribution is -2.35. The van der Waals surface area contributed by atoms with Crippen LogP contribution < -0.4 is 10.6 Å². The third-order valence-corrected chi connectivity index (χ3v) is 6.68. The number of amides is 1. The first kappa shape index (κ1) is 19.6. The van der Waals surface area contributed by atoms with Crippen LogP contribution in [-0.2, 0) is 4.79 Å². The number of halogens is 1. The first-order valence-corrected chi connectivity index (χ1v) is 9.70. The smallest absolute Gasteiger partial charge is 0.220 e. The standard InChI is InChI=1S/C19H28N2OS.ClH/c1-15(16-7-11-20-12-8-16)13-18(22)21-14-19(9-10-19)23-17-5-3-2-4-6-17;/h2-6,15-16,20H,7-14H2,1H3,(H,21,22);1H. The summed E-state index contributed by atoms with van der Waals surface area (Å²) in [6, 6.07) is 10.5. The molecule has 1 unspecified atom stereocenters. The fourth-order valence-corrected chi connectivity index (χ4v) is 4.64. The average Bonchev–Trinajstić information content (AvgIpc) is 3.35. The lowest BCUT2D eigenvalue weighted by atomic mass is 9.84. The minimum absolute atomic E-state index is 0. The maximum atomic E-state index is 12.3. The van der Waals surface area contributed by atoms with Crippen LogP contribution in [0, 0.1) is 11.8 Å². The van der Waals surface area contributed by atoms with Gasteiger partial charge < -0.3 is 10.6 Å². The molecule has 1 aromatic carbocycles. The second kappa shape index (κ2) is 9.12. The van der Waals surface area contributed by atoms with Gasteiger partial charge in [-0.2, -0.15) is 0 Å². The Morgan fingerprint density at radius 2 is 1.96 bits per heavy atom. The Hall–Kier alpha value is -0.710. The Balaban J connectivity index is 0.00000208. The van der Waals surface area contributed by atoms with Crippen molar-refractivity contribution in [2.75, 3.05) is 19.6 Å². The van der Waals surface area contributed by atoms with E-state index < -0.39 is 0 Å². The van der Waals surface area contributed by atoms with Crippen LogP contribution in [0.1, 0.15) is 39.0 Å². The summed E-state index contributed by atoms with van der Waals surface area (Å²) in [5, 5.41) is 6.60. The molecule has 0 aromatic heterocycles. The van der Waals surface area contributed by atoms with Crippen LogP contribution in [0.25, 0.3) is 0 Å². The Morgan fingerprint density at radius 3 is 2.58 bits per heavy atom. The highest BCUT2D eigenvalue weighted by atomic mass is 35.5. The van der Waals surface area contributed by atoms with E-state index in [0.29, 0.717) is 18.3 Å². The number of benzene rings is 1. The number of thioether (sulfide) groups is 1. The van der Waals surface area contributed by atoms with Gasteiger partial charge in [0.2, 0.25) is 5.91 Å². The molecule has 1 saturated heterocycles. The van der Waals surface area contributed by atoms with Crippen molar-refractivity contribution >= 4 is 30.1 Å². The van der Waals surface area contributed by atoms with E-state index >= 15 is 0 Å². The van der Waals surface area contributed by atoms with Gasteiger partial charge in [0, 0.05) is 22.6 Å². The number of piperidine rings is 1. The quantitative estimate of drug-likeness (QED) is 0.767. The van der Waals surface area contributed by atoms with Crippen molar-refractivity contribution < 1.29 is 4.79 Å². The summed E-state index contributed by atoms with van der Waals surface area (Å²) in [4.78, 5) is 13.6. The van der Waals surface area contributed by atoms with Crippen molar-refractivity contribution in [3.8, 4) is 0 Å². The SMILES string of the molecule is CC(CC(=O)NCC1(Sc2ccccc2)CC1)C1CCNCC1.Cl. The Labute approximate surface area is 156 Å². The van der Waals surface area contributed by atoms with E-state index in [-0.39, 0.29) is 23.1 Å². The second-order valence-corrected chi connectivity index (χ2v) is 8.69. The zero-order chi connectivity index (χ0) is 16.1. The van der Waals surface area contributed by atoms with Crippen LogP contribution in [-0.4, -0.2) is 30.3 Å². The molecule has 2 N–H and O–H groups in total. The van der Waals surface area contributed by atoms with Crippen LogP contribution in [0.4, 0.5) is 0 Å². The van der Waals surface area contributed by atoms with E-state index in [1.165, 1.54) is 30.6 Å². The van der Waals surface area contributed by atoms with Gasteiger partial charge in [0.25, 0.3) is 0 Å². The van der Waals surface area contributed by atoms with Gasteiger partial charge in [-0.1, -0.05) is 25.1 Å². The molecule has 3 nitrogen and oxygen atoms in total. The van der Waals surface area contributed by atoms with Crippen LogP contribution in [0.3, 0.4) is 0 Å². The summed E-state index contributed by atoms with van der Waals surface area (Å²) >= 11 is 1.92. The highest BCUT2D eigenvalue weighted by Gasteiger charge is 2.43. The van der Waals surface area contributed by atoms with Gasteiger partial charge in [-0.25, -0.2) is 0 Å². The molecule has 1 heterocycles. The van der Waals surface area contributed by atoms with Crippen molar-refractivity contribution in [1.29, 1.82) is 0 Å². The molecule has 134 valence electrons. The normalized spacial score (nSPS) is 20.7. The Kier molecular flexibility index (Phi) is 7.45. The minimum Gasteiger partial charge on any atom is -0.355 e. The molecule has 3 rings (SSSR count). The largest absolute Gasteiger partial charge is 0.355 e. The number of carbonyl (C=O) groups is 1. The van der Waals surface area contributed by atoms with E-state index in [0.717, 1.165) is 19.6 Å². The minimum atomic E-state index is 0. The fraction of sp³-hybridized carbons (Fsp3) is 0.632.